The quantitative estimate of drug-likeness (QED) is 0.452. The average molecular weight is 328 g/mol. The van der Waals surface area contributed by atoms with Crippen LogP contribution in [-0.4, -0.2) is 4.98 Å². The Labute approximate surface area is 146 Å². The topological polar surface area (TPSA) is 36.7 Å². The molecule has 1 heterocycles. The summed E-state index contributed by atoms with van der Waals surface area (Å²) >= 11 is 1.49. The molecule has 0 saturated carbocycles. The number of nitrogens with zero attached hydrogens (tertiary/aromatic N) is 2. The van der Waals surface area contributed by atoms with Crippen molar-refractivity contribution in [2.24, 2.45) is 0 Å². The second-order valence-electron chi connectivity index (χ2n) is 5.37. The third-order valence-electron chi connectivity index (χ3n) is 3.55. The van der Waals surface area contributed by atoms with Gasteiger partial charge in [0.05, 0.1) is 11.3 Å². The van der Waals surface area contributed by atoms with Gasteiger partial charge in [-0.1, -0.05) is 72.3 Å². The molecular formula is C21H16N2S. The van der Waals surface area contributed by atoms with Crippen molar-refractivity contribution >= 4 is 23.0 Å². The van der Waals surface area contributed by atoms with Crippen LogP contribution in [0.15, 0.2) is 72.1 Å². The number of allylic oxidation sites excluding steroid dienone is 3. The molecule has 0 amide bonds. The Morgan fingerprint density at radius 1 is 1.08 bits per heavy atom. The Hall–Kier alpha value is -2.96. The van der Waals surface area contributed by atoms with Crippen molar-refractivity contribution in [2.45, 2.75) is 6.92 Å². The van der Waals surface area contributed by atoms with Gasteiger partial charge in [0.1, 0.15) is 11.1 Å². The zero-order valence-corrected chi connectivity index (χ0v) is 14.1. The van der Waals surface area contributed by atoms with E-state index in [9.17, 15) is 5.26 Å². The first-order chi connectivity index (χ1) is 11.8. The van der Waals surface area contributed by atoms with Gasteiger partial charge in [-0.2, -0.15) is 5.26 Å². The van der Waals surface area contributed by atoms with Gasteiger partial charge in [-0.15, -0.1) is 11.3 Å². The maximum atomic E-state index is 9.41. The number of rotatable bonds is 4. The Bertz CT molecular complexity index is 910. The third-order valence-corrected chi connectivity index (χ3v) is 4.43. The Morgan fingerprint density at radius 2 is 1.83 bits per heavy atom. The zero-order valence-electron chi connectivity index (χ0n) is 13.3. The summed E-state index contributed by atoms with van der Waals surface area (Å²) in [6.07, 6.45) is 5.68. The molecule has 0 radical (unpaired) electrons. The van der Waals surface area contributed by atoms with Crippen LogP contribution in [0.4, 0.5) is 0 Å². The van der Waals surface area contributed by atoms with E-state index in [0.717, 1.165) is 21.8 Å². The van der Waals surface area contributed by atoms with Crippen LogP contribution in [0.3, 0.4) is 0 Å². The Balaban J connectivity index is 1.82. The van der Waals surface area contributed by atoms with Crippen molar-refractivity contribution < 1.29 is 0 Å². The van der Waals surface area contributed by atoms with Gasteiger partial charge in [0.15, 0.2) is 0 Å². The molecule has 0 N–H and O–H groups in total. The summed E-state index contributed by atoms with van der Waals surface area (Å²) in [4.78, 5) is 4.60. The van der Waals surface area contributed by atoms with Crippen molar-refractivity contribution in [3.63, 3.8) is 0 Å². The fraction of sp³-hybridized carbons (Fsp3) is 0.0476. The van der Waals surface area contributed by atoms with Gasteiger partial charge in [-0.05, 0) is 18.6 Å². The van der Waals surface area contributed by atoms with Crippen LogP contribution in [0.25, 0.3) is 22.9 Å². The van der Waals surface area contributed by atoms with Crippen molar-refractivity contribution in [3.8, 4) is 17.3 Å². The van der Waals surface area contributed by atoms with Gasteiger partial charge in [0.2, 0.25) is 0 Å². The Kier molecular flexibility index (Phi) is 5.00. The van der Waals surface area contributed by atoms with E-state index in [1.165, 1.54) is 16.9 Å². The maximum absolute atomic E-state index is 9.41. The summed E-state index contributed by atoms with van der Waals surface area (Å²) in [5, 5.41) is 12.1. The second kappa shape index (κ2) is 7.54. The lowest BCUT2D eigenvalue weighted by atomic mass is 10.1. The molecule has 0 fully saturated rings. The summed E-state index contributed by atoms with van der Waals surface area (Å²) < 4.78 is 0. The molecule has 3 heteroatoms. The smallest absolute Gasteiger partial charge is 0.134 e. The van der Waals surface area contributed by atoms with Crippen LogP contribution in [0.2, 0.25) is 0 Å². The van der Waals surface area contributed by atoms with Crippen LogP contribution in [0, 0.1) is 18.3 Å². The van der Waals surface area contributed by atoms with E-state index in [0.29, 0.717) is 5.57 Å². The highest BCUT2D eigenvalue weighted by molar-refractivity contribution is 7.11. The summed E-state index contributed by atoms with van der Waals surface area (Å²) in [5.74, 6) is 0. The highest BCUT2D eigenvalue weighted by atomic mass is 32.1. The highest BCUT2D eigenvalue weighted by Gasteiger charge is 2.08. The van der Waals surface area contributed by atoms with E-state index >= 15 is 0 Å². The first-order valence-corrected chi connectivity index (χ1v) is 8.51. The summed E-state index contributed by atoms with van der Waals surface area (Å²) in [6, 6.07) is 20.5. The lowest BCUT2D eigenvalue weighted by Gasteiger charge is -1.97. The van der Waals surface area contributed by atoms with Gasteiger partial charge in [0.25, 0.3) is 0 Å². The van der Waals surface area contributed by atoms with Crippen LogP contribution in [-0.2, 0) is 0 Å². The molecule has 0 aliphatic rings. The normalized spacial score (nSPS) is 11.6. The van der Waals surface area contributed by atoms with E-state index in [1.54, 1.807) is 0 Å². The molecule has 0 aliphatic heterocycles. The molecule has 1 aromatic heterocycles. The number of aromatic nitrogens is 1. The molecule has 116 valence electrons. The number of thiazole rings is 1. The highest BCUT2D eigenvalue weighted by Crippen LogP contribution is 2.26. The molecule has 0 spiro atoms. The van der Waals surface area contributed by atoms with Crippen molar-refractivity contribution in [3.05, 3.63) is 88.3 Å². The van der Waals surface area contributed by atoms with E-state index in [4.69, 9.17) is 0 Å². The van der Waals surface area contributed by atoms with E-state index in [1.807, 2.05) is 53.9 Å². The molecule has 2 nitrogen and oxygen atoms in total. The zero-order chi connectivity index (χ0) is 16.8. The number of nitriles is 1. The minimum absolute atomic E-state index is 0.575. The first kappa shape index (κ1) is 15.9. The molecular weight excluding hydrogens is 312 g/mol. The average Bonchev–Trinajstić information content (AvgIpc) is 3.10. The predicted molar refractivity (Wildman–Crippen MR) is 101 cm³/mol. The molecule has 2 aromatic carbocycles. The van der Waals surface area contributed by atoms with Gasteiger partial charge < -0.3 is 0 Å². The fourth-order valence-electron chi connectivity index (χ4n) is 2.23. The van der Waals surface area contributed by atoms with Gasteiger partial charge in [-0.3, -0.25) is 0 Å². The SMILES string of the molecule is Cc1ccc(-c2csc(/C(C#N)=C/C=C/c3ccccc3)n2)cc1. The van der Waals surface area contributed by atoms with Crippen molar-refractivity contribution in [1.29, 1.82) is 5.26 Å². The predicted octanol–water partition coefficient (Wildman–Crippen LogP) is 5.74. The lowest BCUT2D eigenvalue weighted by Crippen LogP contribution is -1.82. The number of hydrogen-bond acceptors (Lipinski definition) is 3. The minimum Gasteiger partial charge on any atom is -0.235 e. The molecule has 0 bridgehead atoms. The van der Waals surface area contributed by atoms with E-state index in [2.05, 4.69) is 42.2 Å². The van der Waals surface area contributed by atoms with E-state index < -0.39 is 0 Å². The van der Waals surface area contributed by atoms with E-state index in [-0.39, 0.29) is 0 Å². The van der Waals surface area contributed by atoms with Crippen LogP contribution in [0.1, 0.15) is 16.1 Å². The number of hydrogen-bond donors (Lipinski definition) is 0. The fourth-order valence-corrected chi connectivity index (χ4v) is 3.03. The monoisotopic (exact) mass is 328 g/mol. The van der Waals surface area contributed by atoms with Crippen LogP contribution in [0.5, 0.6) is 0 Å². The molecule has 0 atom stereocenters. The van der Waals surface area contributed by atoms with Crippen LogP contribution >= 0.6 is 11.3 Å². The van der Waals surface area contributed by atoms with Crippen molar-refractivity contribution in [1.82, 2.24) is 4.98 Å². The summed E-state index contributed by atoms with van der Waals surface area (Å²) in [6.45, 7) is 2.06. The van der Waals surface area contributed by atoms with Crippen LogP contribution < -0.4 is 0 Å². The van der Waals surface area contributed by atoms with Gasteiger partial charge in [0, 0.05) is 10.9 Å². The summed E-state index contributed by atoms with van der Waals surface area (Å²) in [5.41, 5.74) is 4.87. The lowest BCUT2D eigenvalue weighted by molar-refractivity contribution is 1.36. The molecule has 24 heavy (non-hydrogen) atoms. The molecule has 3 aromatic rings. The molecule has 0 unspecified atom stereocenters. The molecule has 0 aliphatic carbocycles. The maximum Gasteiger partial charge on any atom is 0.134 e. The second-order valence-corrected chi connectivity index (χ2v) is 6.22. The minimum atomic E-state index is 0.575. The number of aryl methyl sites for hydroxylation is 1. The Morgan fingerprint density at radius 3 is 2.54 bits per heavy atom. The van der Waals surface area contributed by atoms with Crippen molar-refractivity contribution in [2.75, 3.05) is 0 Å². The third kappa shape index (κ3) is 3.87. The molecule has 0 saturated heterocycles. The largest absolute Gasteiger partial charge is 0.235 e. The first-order valence-electron chi connectivity index (χ1n) is 7.63. The van der Waals surface area contributed by atoms with Gasteiger partial charge in [-0.25, -0.2) is 4.98 Å². The molecule has 3 rings (SSSR count). The van der Waals surface area contributed by atoms with Gasteiger partial charge >= 0.3 is 0 Å². The summed E-state index contributed by atoms with van der Waals surface area (Å²) in [7, 11) is 0. The standard InChI is InChI=1S/C21H16N2S/c1-16-10-12-18(13-11-16)20-15-24-21(23-20)19(14-22)9-5-8-17-6-3-2-4-7-17/h2-13,15H,1H3/b8-5+,19-9+. The number of benzene rings is 2.